The van der Waals surface area contributed by atoms with E-state index < -0.39 is 5.76 Å². The third kappa shape index (κ3) is 2.74. The minimum atomic E-state index is -0.420. The molecule has 3 rings (SSSR count). The Kier molecular flexibility index (Phi) is 3.85. The molecule has 0 fully saturated rings. The second kappa shape index (κ2) is 5.79. The summed E-state index contributed by atoms with van der Waals surface area (Å²) in [6.07, 6.45) is 1.60. The average molecular weight is 305 g/mol. The first-order valence-electron chi connectivity index (χ1n) is 6.69. The van der Waals surface area contributed by atoms with E-state index in [0.717, 1.165) is 10.7 Å². The number of oxazole rings is 1. The SMILES string of the molecule is CCO[C@@H](C)c1nc(Cn2c(=O)oc3cccnc32)cs1. The van der Waals surface area contributed by atoms with Crippen molar-refractivity contribution in [2.75, 3.05) is 6.61 Å². The fourth-order valence-corrected chi connectivity index (χ4v) is 2.92. The largest absolute Gasteiger partial charge is 0.421 e. The quantitative estimate of drug-likeness (QED) is 0.724. The van der Waals surface area contributed by atoms with Crippen LogP contribution in [0.5, 0.6) is 0 Å². The summed E-state index contributed by atoms with van der Waals surface area (Å²) in [5.74, 6) is -0.420. The van der Waals surface area contributed by atoms with Crippen molar-refractivity contribution in [1.29, 1.82) is 0 Å². The van der Waals surface area contributed by atoms with E-state index in [1.54, 1.807) is 18.3 Å². The number of ether oxygens (including phenoxy) is 1. The molecule has 6 nitrogen and oxygen atoms in total. The van der Waals surface area contributed by atoms with Crippen LogP contribution in [0.15, 0.2) is 32.9 Å². The van der Waals surface area contributed by atoms with E-state index >= 15 is 0 Å². The molecule has 0 radical (unpaired) electrons. The van der Waals surface area contributed by atoms with Crippen LogP contribution in [0.1, 0.15) is 30.7 Å². The van der Waals surface area contributed by atoms with Gasteiger partial charge in [-0.05, 0) is 26.0 Å². The lowest BCUT2D eigenvalue weighted by molar-refractivity contribution is 0.0761. The Hall–Kier alpha value is -1.99. The molecule has 0 aliphatic carbocycles. The zero-order valence-electron chi connectivity index (χ0n) is 11.8. The molecule has 0 bridgehead atoms. The highest BCUT2D eigenvalue weighted by atomic mass is 32.1. The number of nitrogens with zero attached hydrogens (tertiary/aromatic N) is 3. The first-order chi connectivity index (χ1) is 10.2. The second-order valence-electron chi connectivity index (χ2n) is 4.55. The van der Waals surface area contributed by atoms with Crippen molar-refractivity contribution in [2.24, 2.45) is 0 Å². The molecule has 0 aliphatic heterocycles. The van der Waals surface area contributed by atoms with Gasteiger partial charge in [-0.2, -0.15) is 0 Å². The van der Waals surface area contributed by atoms with Gasteiger partial charge in [0.05, 0.1) is 12.2 Å². The van der Waals surface area contributed by atoms with Crippen LogP contribution in [-0.2, 0) is 11.3 Å². The number of hydrogen-bond donors (Lipinski definition) is 0. The molecule has 110 valence electrons. The normalized spacial score (nSPS) is 12.9. The highest BCUT2D eigenvalue weighted by Gasteiger charge is 2.14. The fraction of sp³-hybridized carbons (Fsp3) is 0.357. The summed E-state index contributed by atoms with van der Waals surface area (Å²) in [7, 11) is 0. The highest BCUT2D eigenvalue weighted by Crippen LogP contribution is 2.21. The molecule has 1 atom stereocenters. The van der Waals surface area contributed by atoms with Crippen molar-refractivity contribution in [3.8, 4) is 0 Å². The summed E-state index contributed by atoms with van der Waals surface area (Å²) in [6.45, 7) is 4.91. The zero-order valence-corrected chi connectivity index (χ0v) is 12.6. The summed E-state index contributed by atoms with van der Waals surface area (Å²) in [4.78, 5) is 20.6. The first-order valence-corrected chi connectivity index (χ1v) is 7.57. The van der Waals surface area contributed by atoms with Gasteiger partial charge in [-0.25, -0.2) is 14.8 Å². The molecule has 0 spiro atoms. The predicted octanol–water partition coefficient (Wildman–Crippen LogP) is 2.59. The number of hydrogen-bond acceptors (Lipinski definition) is 6. The number of fused-ring (bicyclic) bond motifs is 1. The van der Waals surface area contributed by atoms with Gasteiger partial charge in [-0.3, -0.25) is 4.57 Å². The van der Waals surface area contributed by atoms with Crippen LogP contribution in [0.4, 0.5) is 0 Å². The molecule has 0 aromatic carbocycles. The molecule has 0 saturated heterocycles. The van der Waals surface area contributed by atoms with E-state index in [2.05, 4.69) is 9.97 Å². The van der Waals surface area contributed by atoms with Crippen LogP contribution >= 0.6 is 11.3 Å². The van der Waals surface area contributed by atoms with E-state index in [1.165, 1.54) is 15.9 Å². The monoisotopic (exact) mass is 305 g/mol. The van der Waals surface area contributed by atoms with Crippen LogP contribution in [0.25, 0.3) is 11.2 Å². The van der Waals surface area contributed by atoms with Gasteiger partial charge in [-0.15, -0.1) is 11.3 Å². The molecule has 7 heteroatoms. The third-order valence-corrected chi connectivity index (χ3v) is 4.13. The molecule has 0 amide bonds. The summed E-state index contributed by atoms with van der Waals surface area (Å²) >= 11 is 1.53. The lowest BCUT2D eigenvalue weighted by Gasteiger charge is -2.06. The van der Waals surface area contributed by atoms with Gasteiger partial charge >= 0.3 is 5.76 Å². The second-order valence-corrected chi connectivity index (χ2v) is 5.44. The van der Waals surface area contributed by atoms with E-state index in [0.29, 0.717) is 24.4 Å². The van der Waals surface area contributed by atoms with E-state index in [-0.39, 0.29) is 6.10 Å². The van der Waals surface area contributed by atoms with E-state index in [4.69, 9.17) is 9.15 Å². The highest BCUT2D eigenvalue weighted by molar-refractivity contribution is 7.09. The fourth-order valence-electron chi connectivity index (χ4n) is 2.10. The molecular weight excluding hydrogens is 290 g/mol. The summed E-state index contributed by atoms with van der Waals surface area (Å²) in [5.41, 5.74) is 1.83. The van der Waals surface area contributed by atoms with Crippen molar-refractivity contribution in [2.45, 2.75) is 26.5 Å². The van der Waals surface area contributed by atoms with Gasteiger partial charge in [0.1, 0.15) is 11.1 Å². The Bertz CT molecular complexity index is 805. The van der Waals surface area contributed by atoms with Crippen molar-refractivity contribution >= 4 is 22.6 Å². The lowest BCUT2D eigenvalue weighted by atomic mass is 10.4. The Balaban J connectivity index is 1.89. The minimum Gasteiger partial charge on any atom is -0.406 e. The molecule has 0 N–H and O–H groups in total. The van der Waals surface area contributed by atoms with Crippen molar-refractivity contribution < 1.29 is 9.15 Å². The maximum atomic E-state index is 11.9. The average Bonchev–Trinajstić information content (AvgIpc) is 3.05. The van der Waals surface area contributed by atoms with Gasteiger partial charge in [0.2, 0.25) is 0 Å². The summed E-state index contributed by atoms with van der Waals surface area (Å²) in [5, 5.41) is 2.83. The minimum absolute atomic E-state index is 0.0373. The topological polar surface area (TPSA) is 70.2 Å². The van der Waals surface area contributed by atoms with Crippen LogP contribution < -0.4 is 5.76 Å². The van der Waals surface area contributed by atoms with Gasteiger partial charge < -0.3 is 9.15 Å². The molecule has 3 heterocycles. The first kappa shape index (κ1) is 14.0. The molecular formula is C14H15N3O3S. The molecule has 0 saturated carbocycles. The van der Waals surface area contributed by atoms with E-state index in [9.17, 15) is 4.79 Å². The van der Waals surface area contributed by atoms with Crippen LogP contribution in [-0.4, -0.2) is 21.1 Å². The predicted molar refractivity (Wildman–Crippen MR) is 79.5 cm³/mol. The van der Waals surface area contributed by atoms with Crippen LogP contribution in [0.2, 0.25) is 0 Å². The molecule has 3 aromatic heterocycles. The number of aromatic nitrogens is 3. The van der Waals surface area contributed by atoms with E-state index in [1.807, 2.05) is 19.2 Å². The van der Waals surface area contributed by atoms with Crippen molar-refractivity contribution in [3.63, 3.8) is 0 Å². The van der Waals surface area contributed by atoms with Gasteiger partial charge in [0, 0.05) is 18.2 Å². The Morgan fingerprint density at radius 2 is 2.38 bits per heavy atom. The van der Waals surface area contributed by atoms with Gasteiger partial charge in [-0.1, -0.05) is 0 Å². The number of pyridine rings is 1. The van der Waals surface area contributed by atoms with Crippen molar-refractivity contribution in [1.82, 2.24) is 14.5 Å². The zero-order chi connectivity index (χ0) is 14.8. The maximum absolute atomic E-state index is 11.9. The van der Waals surface area contributed by atoms with Crippen LogP contribution in [0.3, 0.4) is 0 Å². The Morgan fingerprint density at radius 3 is 3.19 bits per heavy atom. The molecule has 0 aliphatic rings. The van der Waals surface area contributed by atoms with Gasteiger partial charge in [0.15, 0.2) is 11.2 Å². The standard InChI is InChI=1S/C14H15N3O3S/c1-3-19-9(2)13-16-10(8-21-13)7-17-12-11(20-14(17)18)5-4-6-15-12/h4-6,8-9H,3,7H2,1-2H3/t9-/m0/s1. The lowest BCUT2D eigenvalue weighted by Crippen LogP contribution is -2.15. The summed E-state index contributed by atoms with van der Waals surface area (Å²) < 4.78 is 12.2. The molecule has 0 unspecified atom stereocenters. The summed E-state index contributed by atoms with van der Waals surface area (Å²) in [6, 6.07) is 3.46. The smallest absolute Gasteiger partial charge is 0.406 e. The molecule has 21 heavy (non-hydrogen) atoms. The third-order valence-electron chi connectivity index (χ3n) is 3.08. The van der Waals surface area contributed by atoms with Crippen LogP contribution in [0, 0.1) is 0 Å². The van der Waals surface area contributed by atoms with Gasteiger partial charge in [0.25, 0.3) is 0 Å². The maximum Gasteiger partial charge on any atom is 0.421 e. The Morgan fingerprint density at radius 1 is 1.52 bits per heavy atom. The Labute approximate surface area is 125 Å². The van der Waals surface area contributed by atoms with Crippen molar-refractivity contribution in [3.05, 3.63) is 45.0 Å². The molecule has 3 aromatic rings. The number of thiazole rings is 1. The number of rotatable bonds is 5.